The van der Waals surface area contributed by atoms with E-state index in [-0.39, 0.29) is 33.9 Å². The number of methoxy groups -OCH3 is 2. The predicted molar refractivity (Wildman–Crippen MR) is 107 cm³/mol. The number of carbonyl (C=O) groups is 2. The van der Waals surface area contributed by atoms with Crippen molar-refractivity contribution in [3.05, 3.63) is 57.1 Å². The van der Waals surface area contributed by atoms with E-state index in [1.54, 1.807) is 0 Å². The number of rotatable bonds is 6. The van der Waals surface area contributed by atoms with Gasteiger partial charge < -0.3 is 19.6 Å². The van der Waals surface area contributed by atoms with Crippen LogP contribution >= 0.6 is 0 Å². The molecule has 7 nitrogen and oxygen atoms in total. The van der Waals surface area contributed by atoms with E-state index in [9.17, 15) is 19.5 Å². The van der Waals surface area contributed by atoms with Gasteiger partial charge in [0.25, 0.3) is 0 Å². The molecule has 2 aromatic carbocycles. The van der Waals surface area contributed by atoms with Gasteiger partial charge in [-0.2, -0.15) is 0 Å². The molecule has 0 aliphatic heterocycles. The van der Waals surface area contributed by atoms with E-state index in [0.717, 1.165) is 25.1 Å². The smallest absolute Gasteiger partial charge is 0.341 e. The quantitative estimate of drug-likeness (QED) is 0.599. The summed E-state index contributed by atoms with van der Waals surface area (Å²) in [4.78, 5) is 38.3. The number of benzene rings is 2. The van der Waals surface area contributed by atoms with Crippen LogP contribution in [0.3, 0.4) is 0 Å². The number of ether oxygens (including phenoxy) is 2. The van der Waals surface area contributed by atoms with E-state index in [1.807, 2.05) is 0 Å². The first kappa shape index (κ1) is 19.6. The number of pyridine rings is 1. The second kappa shape index (κ2) is 7.29. The van der Waals surface area contributed by atoms with Crippen molar-refractivity contribution in [2.75, 3.05) is 14.2 Å². The maximum Gasteiger partial charge on any atom is 0.341 e. The third-order valence-corrected chi connectivity index (χ3v) is 5.29. The van der Waals surface area contributed by atoms with Gasteiger partial charge in [-0.15, -0.1) is 0 Å². The Balaban J connectivity index is 2.13. The Kier molecular flexibility index (Phi) is 4.77. The van der Waals surface area contributed by atoms with Gasteiger partial charge in [0.1, 0.15) is 17.7 Å². The first-order chi connectivity index (χ1) is 14.4. The Bertz CT molecular complexity index is 1260. The molecule has 1 aliphatic carbocycles. The van der Waals surface area contributed by atoms with Crippen molar-refractivity contribution in [2.45, 2.75) is 18.8 Å². The summed E-state index contributed by atoms with van der Waals surface area (Å²) in [5.74, 6) is -1.58. The molecule has 2 N–H and O–H groups in total. The van der Waals surface area contributed by atoms with Crippen molar-refractivity contribution in [1.29, 1.82) is 0 Å². The summed E-state index contributed by atoms with van der Waals surface area (Å²) in [5, 5.41) is 9.19. The van der Waals surface area contributed by atoms with Crippen molar-refractivity contribution < 1.29 is 28.6 Å². The van der Waals surface area contributed by atoms with Crippen molar-refractivity contribution in [3.63, 3.8) is 0 Å². The number of carbonyl (C=O) groups excluding carboxylic acids is 1. The third kappa shape index (κ3) is 3.01. The number of carboxylic acids is 1. The van der Waals surface area contributed by atoms with Gasteiger partial charge in [-0.25, -0.2) is 9.18 Å². The number of H-pyrrole nitrogens is 1. The second-order valence-corrected chi connectivity index (χ2v) is 7.10. The maximum atomic E-state index is 15.5. The molecule has 0 amide bonds. The Morgan fingerprint density at radius 1 is 1.23 bits per heavy atom. The van der Waals surface area contributed by atoms with Gasteiger partial charge in [0.2, 0.25) is 5.43 Å². The number of aromatic nitrogens is 1. The number of fused-ring (bicyclic) bond motifs is 1. The Morgan fingerprint density at radius 3 is 2.53 bits per heavy atom. The zero-order valence-corrected chi connectivity index (χ0v) is 16.2. The highest BCUT2D eigenvalue weighted by Crippen LogP contribution is 2.50. The van der Waals surface area contributed by atoms with E-state index >= 15 is 4.39 Å². The molecule has 1 aromatic heterocycles. The normalized spacial score (nSPS) is 13.3. The lowest BCUT2D eigenvalue weighted by molar-refractivity contribution is 0.0695. The Labute approximate surface area is 170 Å². The largest absolute Gasteiger partial charge is 0.493 e. The Hall–Kier alpha value is -3.68. The number of nitrogens with one attached hydrogen (secondary N) is 1. The number of aromatic carboxylic acids is 1. The summed E-state index contributed by atoms with van der Waals surface area (Å²) >= 11 is 0. The molecule has 0 saturated heterocycles. The molecule has 1 heterocycles. The molecule has 0 radical (unpaired) electrons. The molecule has 0 bridgehead atoms. The number of halogens is 1. The highest BCUT2D eigenvalue weighted by Gasteiger charge is 2.33. The lowest BCUT2D eigenvalue weighted by Crippen LogP contribution is -2.16. The van der Waals surface area contributed by atoms with Crippen LogP contribution < -0.4 is 14.9 Å². The fourth-order valence-corrected chi connectivity index (χ4v) is 3.81. The third-order valence-electron chi connectivity index (χ3n) is 5.29. The van der Waals surface area contributed by atoms with Crippen LogP contribution in [0, 0.1) is 5.82 Å². The molecule has 154 valence electrons. The number of hydrogen-bond acceptors (Lipinski definition) is 5. The first-order valence-corrected chi connectivity index (χ1v) is 9.23. The first-order valence-electron chi connectivity index (χ1n) is 9.23. The second-order valence-electron chi connectivity index (χ2n) is 7.10. The van der Waals surface area contributed by atoms with Gasteiger partial charge in [0.05, 0.1) is 19.7 Å². The summed E-state index contributed by atoms with van der Waals surface area (Å²) in [7, 11) is 2.83. The minimum Gasteiger partial charge on any atom is -0.493 e. The van der Waals surface area contributed by atoms with Crippen molar-refractivity contribution >= 4 is 23.2 Å². The van der Waals surface area contributed by atoms with E-state index in [4.69, 9.17) is 9.47 Å². The van der Waals surface area contributed by atoms with Crippen LogP contribution in [0.1, 0.15) is 45.0 Å². The number of hydrogen-bond donors (Lipinski definition) is 2. The average molecular weight is 411 g/mol. The molecular formula is C22H18FNO6. The number of aldehydes is 1. The van der Waals surface area contributed by atoms with E-state index in [0.29, 0.717) is 22.9 Å². The van der Waals surface area contributed by atoms with E-state index in [1.165, 1.54) is 26.4 Å². The molecule has 4 rings (SSSR count). The van der Waals surface area contributed by atoms with Crippen LogP contribution in [0.4, 0.5) is 4.39 Å². The highest BCUT2D eigenvalue weighted by molar-refractivity contribution is 5.97. The summed E-state index contributed by atoms with van der Waals surface area (Å²) in [5.41, 5.74) is 0.516. The van der Waals surface area contributed by atoms with Crippen molar-refractivity contribution in [2.24, 2.45) is 0 Å². The molecule has 0 atom stereocenters. The van der Waals surface area contributed by atoms with Gasteiger partial charge in [-0.05, 0) is 42.5 Å². The topological polar surface area (TPSA) is 106 Å². The minimum absolute atomic E-state index is 0.0138. The van der Waals surface area contributed by atoms with Crippen LogP contribution in [0.2, 0.25) is 0 Å². The van der Waals surface area contributed by atoms with Gasteiger partial charge in [-0.3, -0.25) is 9.59 Å². The molecule has 30 heavy (non-hydrogen) atoms. The van der Waals surface area contributed by atoms with Crippen LogP contribution in [0.5, 0.6) is 11.5 Å². The lowest BCUT2D eigenvalue weighted by Gasteiger charge is -2.19. The lowest BCUT2D eigenvalue weighted by atomic mass is 9.91. The molecule has 1 saturated carbocycles. The van der Waals surface area contributed by atoms with E-state index < -0.39 is 22.8 Å². The predicted octanol–water partition coefficient (Wildman–Crippen LogP) is 3.74. The summed E-state index contributed by atoms with van der Waals surface area (Å²) < 4.78 is 26.2. The maximum absolute atomic E-state index is 15.5. The van der Waals surface area contributed by atoms with Gasteiger partial charge in [0, 0.05) is 28.3 Å². The molecule has 1 aliphatic rings. The Morgan fingerprint density at radius 2 is 1.97 bits per heavy atom. The molecule has 8 heteroatoms. The monoisotopic (exact) mass is 411 g/mol. The number of carboxylic acid groups (broad SMARTS) is 1. The number of aromatic amines is 1. The van der Waals surface area contributed by atoms with Crippen LogP contribution in [-0.2, 0) is 0 Å². The van der Waals surface area contributed by atoms with Gasteiger partial charge >= 0.3 is 5.97 Å². The zero-order valence-electron chi connectivity index (χ0n) is 16.2. The molecule has 0 unspecified atom stereocenters. The van der Waals surface area contributed by atoms with Crippen molar-refractivity contribution in [1.82, 2.24) is 4.98 Å². The molecule has 1 fully saturated rings. The van der Waals surface area contributed by atoms with Crippen LogP contribution in [0.15, 0.2) is 29.2 Å². The van der Waals surface area contributed by atoms with E-state index in [2.05, 4.69) is 4.98 Å². The fraction of sp³-hybridized carbons (Fsp3) is 0.227. The standard InChI is InChI=1S/C22H18FNO6/c1-29-16-6-10(9-25)5-12(21(16)30-2)18-15(23)7-13-19(17(18)11-3-4-11)24-8-14(20(13)26)22(27)28/h5-9,11H,3-4H2,1-2H3,(H,24,26)(H,27,28). The van der Waals surface area contributed by atoms with Crippen LogP contribution in [0.25, 0.3) is 22.0 Å². The molecule has 3 aromatic rings. The highest BCUT2D eigenvalue weighted by atomic mass is 19.1. The zero-order chi connectivity index (χ0) is 21.6. The summed E-state index contributed by atoms with van der Waals surface area (Å²) in [6.45, 7) is 0. The van der Waals surface area contributed by atoms with Crippen molar-refractivity contribution in [3.8, 4) is 22.6 Å². The average Bonchev–Trinajstić information content (AvgIpc) is 3.57. The SMILES string of the molecule is COc1cc(C=O)cc(-c2c(F)cc3c(=O)c(C(=O)O)c[nH]c3c2C2CC2)c1OC. The minimum atomic E-state index is -1.39. The van der Waals surface area contributed by atoms with Gasteiger partial charge in [0.15, 0.2) is 11.5 Å². The summed E-state index contributed by atoms with van der Waals surface area (Å²) in [6.07, 6.45) is 3.34. The van der Waals surface area contributed by atoms with Crippen LogP contribution in [-0.4, -0.2) is 36.6 Å². The summed E-state index contributed by atoms with van der Waals surface area (Å²) in [6, 6.07) is 4.03. The fourth-order valence-electron chi connectivity index (χ4n) is 3.81. The molecule has 0 spiro atoms. The molecular weight excluding hydrogens is 393 g/mol. The van der Waals surface area contributed by atoms with Gasteiger partial charge in [-0.1, -0.05) is 0 Å².